The van der Waals surface area contributed by atoms with Gasteiger partial charge in [-0.05, 0) is 44.4 Å². The van der Waals surface area contributed by atoms with Crippen LogP contribution in [0.4, 0.5) is 10.1 Å². The van der Waals surface area contributed by atoms with Crippen LogP contribution in [-0.4, -0.2) is 18.2 Å². The molecule has 0 radical (unpaired) electrons. The van der Waals surface area contributed by atoms with Crippen LogP contribution in [0, 0.1) is 5.82 Å². The third-order valence-corrected chi connectivity index (χ3v) is 4.12. The summed E-state index contributed by atoms with van der Waals surface area (Å²) in [6.07, 6.45) is 2.81. The van der Waals surface area contributed by atoms with Gasteiger partial charge in [0, 0.05) is 17.1 Å². The molecule has 4 heteroatoms. The van der Waals surface area contributed by atoms with Gasteiger partial charge in [-0.25, -0.2) is 4.39 Å². The molecule has 0 amide bonds. The Balaban J connectivity index is 2.07. The number of halogens is 2. The van der Waals surface area contributed by atoms with Crippen molar-refractivity contribution >= 4 is 21.6 Å². The molecule has 1 saturated heterocycles. The van der Waals surface area contributed by atoms with E-state index in [0.717, 1.165) is 30.3 Å². The Morgan fingerprint density at radius 3 is 3.06 bits per heavy atom. The van der Waals surface area contributed by atoms with E-state index in [0.29, 0.717) is 5.69 Å². The van der Waals surface area contributed by atoms with E-state index in [1.807, 2.05) is 0 Å². The maximum absolute atomic E-state index is 13.7. The summed E-state index contributed by atoms with van der Waals surface area (Å²) in [6, 6.07) is 5.24. The summed E-state index contributed by atoms with van der Waals surface area (Å²) in [4.78, 5) is 0. The largest absolute Gasteiger partial charge is 0.380 e. The second kappa shape index (κ2) is 5.57. The van der Waals surface area contributed by atoms with Gasteiger partial charge in [-0.2, -0.15) is 0 Å². The Morgan fingerprint density at radius 2 is 2.33 bits per heavy atom. The molecular formula is C14H19BrFNO. The van der Waals surface area contributed by atoms with Crippen molar-refractivity contribution < 1.29 is 9.13 Å². The molecule has 0 saturated carbocycles. The van der Waals surface area contributed by atoms with E-state index in [2.05, 4.69) is 35.1 Å². The van der Waals surface area contributed by atoms with Crippen molar-refractivity contribution in [1.29, 1.82) is 0 Å². The van der Waals surface area contributed by atoms with E-state index < -0.39 is 0 Å². The van der Waals surface area contributed by atoms with Gasteiger partial charge in [0.05, 0.1) is 11.3 Å². The number of ether oxygens (including phenoxy) is 1. The minimum Gasteiger partial charge on any atom is -0.380 e. The smallest absolute Gasteiger partial charge is 0.146 e. The van der Waals surface area contributed by atoms with Crippen molar-refractivity contribution in [2.24, 2.45) is 0 Å². The van der Waals surface area contributed by atoms with Crippen LogP contribution in [0.5, 0.6) is 0 Å². The van der Waals surface area contributed by atoms with Gasteiger partial charge in [-0.3, -0.25) is 0 Å². The molecule has 100 valence electrons. The van der Waals surface area contributed by atoms with Crippen LogP contribution in [-0.2, 0) is 4.74 Å². The van der Waals surface area contributed by atoms with Crippen LogP contribution in [0.1, 0.15) is 33.1 Å². The van der Waals surface area contributed by atoms with Gasteiger partial charge in [-0.1, -0.05) is 22.9 Å². The van der Waals surface area contributed by atoms with Gasteiger partial charge in [0.2, 0.25) is 0 Å². The van der Waals surface area contributed by atoms with Crippen LogP contribution in [0.15, 0.2) is 22.7 Å². The number of benzene rings is 1. The summed E-state index contributed by atoms with van der Waals surface area (Å²) in [5.41, 5.74) is 0.480. The lowest BCUT2D eigenvalue weighted by molar-refractivity contribution is -0.0709. The van der Waals surface area contributed by atoms with Gasteiger partial charge in [0.1, 0.15) is 5.82 Å². The normalized spacial score (nSPS) is 28.1. The summed E-state index contributed by atoms with van der Waals surface area (Å²) >= 11 is 3.37. The topological polar surface area (TPSA) is 21.3 Å². The molecule has 1 aromatic rings. The number of hydrogen-bond donors (Lipinski definition) is 1. The van der Waals surface area contributed by atoms with Crippen molar-refractivity contribution in [3.05, 3.63) is 28.5 Å². The molecular weight excluding hydrogens is 297 g/mol. The first-order valence-electron chi connectivity index (χ1n) is 6.38. The predicted molar refractivity (Wildman–Crippen MR) is 75.4 cm³/mol. The molecule has 2 rings (SSSR count). The molecule has 2 unspecified atom stereocenters. The van der Waals surface area contributed by atoms with Crippen molar-refractivity contribution in [2.45, 2.75) is 44.8 Å². The minimum absolute atomic E-state index is 0.0849. The van der Waals surface area contributed by atoms with E-state index in [-0.39, 0.29) is 17.5 Å². The minimum atomic E-state index is -0.206. The first-order chi connectivity index (χ1) is 8.52. The summed E-state index contributed by atoms with van der Waals surface area (Å²) < 4.78 is 20.4. The fourth-order valence-corrected chi connectivity index (χ4v) is 2.69. The molecule has 1 aliphatic rings. The van der Waals surface area contributed by atoms with Gasteiger partial charge in [0.25, 0.3) is 0 Å². The van der Waals surface area contributed by atoms with Crippen molar-refractivity contribution in [1.82, 2.24) is 0 Å². The van der Waals surface area contributed by atoms with E-state index in [1.54, 1.807) is 12.1 Å². The molecule has 1 aromatic carbocycles. The molecule has 1 N–H and O–H groups in total. The van der Waals surface area contributed by atoms with E-state index in [1.165, 1.54) is 6.07 Å². The molecule has 1 heterocycles. The van der Waals surface area contributed by atoms with E-state index in [9.17, 15) is 4.39 Å². The number of rotatable bonds is 3. The van der Waals surface area contributed by atoms with Crippen molar-refractivity contribution in [3.8, 4) is 0 Å². The molecule has 2 nitrogen and oxygen atoms in total. The van der Waals surface area contributed by atoms with Gasteiger partial charge in [-0.15, -0.1) is 0 Å². The van der Waals surface area contributed by atoms with Gasteiger partial charge < -0.3 is 10.1 Å². The summed E-state index contributed by atoms with van der Waals surface area (Å²) in [6.45, 7) is 4.98. The molecule has 1 aliphatic heterocycles. The molecule has 0 aromatic heterocycles. The van der Waals surface area contributed by atoms with Crippen LogP contribution < -0.4 is 5.32 Å². The zero-order valence-electron chi connectivity index (χ0n) is 10.8. The second-order valence-electron chi connectivity index (χ2n) is 5.11. The van der Waals surface area contributed by atoms with Crippen molar-refractivity contribution in [3.63, 3.8) is 0 Å². The number of nitrogens with one attached hydrogen (secondary N) is 1. The lowest BCUT2D eigenvalue weighted by atomic mass is 9.90. The zero-order chi connectivity index (χ0) is 13.2. The standard InChI is InChI=1S/C14H19BrFNO/c1-3-14(2)9-11(6-7-18-14)17-13-8-10(15)4-5-12(13)16/h4-5,8,11,17H,3,6-7,9H2,1-2H3. The molecule has 0 aliphatic carbocycles. The molecule has 0 spiro atoms. The quantitative estimate of drug-likeness (QED) is 0.895. The monoisotopic (exact) mass is 315 g/mol. The predicted octanol–water partition coefficient (Wildman–Crippen LogP) is 4.35. The molecule has 1 fully saturated rings. The van der Waals surface area contributed by atoms with E-state index in [4.69, 9.17) is 4.74 Å². The Morgan fingerprint density at radius 1 is 1.56 bits per heavy atom. The molecule has 2 atom stereocenters. The lowest BCUT2D eigenvalue weighted by Gasteiger charge is -2.38. The highest BCUT2D eigenvalue weighted by molar-refractivity contribution is 9.10. The second-order valence-corrected chi connectivity index (χ2v) is 6.03. The summed E-state index contributed by atoms with van der Waals surface area (Å²) in [5.74, 6) is -0.206. The first kappa shape index (κ1) is 13.8. The third kappa shape index (κ3) is 3.23. The fourth-order valence-electron chi connectivity index (χ4n) is 2.33. The van der Waals surface area contributed by atoms with Gasteiger partial charge in [0.15, 0.2) is 0 Å². The molecule has 18 heavy (non-hydrogen) atoms. The van der Waals surface area contributed by atoms with E-state index >= 15 is 0 Å². The number of hydrogen-bond acceptors (Lipinski definition) is 2. The van der Waals surface area contributed by atoms with Crippen molar-refractivity contribution in [2.75, 3.05) is 11.9 Å². The SMILES string of the molecule is CCC1(C)CC(Nc2cc(Br)ccc2F)CCO1. The maximum Gasteiger partial charge on any atom is 0.146 e. The Bertz CT molecular complexity index is 426. The first-order valence-corrected chi connectivity index (χ1v) is 7.17. The maximum atomic E-state index is 13.7. The Kier molecular flexibility index (Phi) is 4.28. The van der Waals surface area contributed by atoms with Crippen LogP contribution in [0.3, 0.4) is 0 Å². The highest BCUT2D eigenvalue weighted by Gasteiger charge is 2.31. The van der Waals surface area contributed by atoms with Gasteiger partial charge >= 0.3 is 0 Å². The average Bonchev–Trinajstić information content (AvgIpc) is 2.34. The van der Waals surface area contributed by atoms with Crippen LogP contribution in [0.25, 0.3) is 0 Å². The summed E-state index contributed by atoms with van der Waals surface area (Å²) in [7, 11) is 0. The highest BCUT2D eigenvalue weighted by Crippen LogP contribution is 2.30. The highest BCUT2D eigenvalue weighted by atomic mass is 79.9. The Labute approximate surface area is 116 Å². The van der Waals surface area contributed by atoms with Crippen LogP contribution >= 0.6 is 15.9 Å². The zero-order valence-corrected chi connectivity index (χ0v) is 12.4. The summed E-state index contributed by atoms with van der Waals surface area (Å²) in [5, 5.41) is 3.29. The average molecular weight is 316 g/mol. The molecule has 0 bridgehead atoms. The Hall–Kier alpha value is -0.610. The fraction of sp³-hybridized carbons (Fsp3) is 0.571. The number of anilines is 1. The lowest BCUT2D eigenvalue weighted by Crippen LogP contribution is -2.42. The van der Waals surface area contributed by atoms with Crippen LogP contribution in [0.2, 0.25) is 0 Å². The third-order valence-electron chi connectivity index (χ3n) is 3.63.